The zero-order chi connectivity index (χ0) is 14.0. The average molecular weight is 267 g/mol. The second-order valence-corrected chi connectivity index (χ2v) is 5.48. The van der Waals surface area contributed by atoms with Crippen molar-refractivity contribution in [3.05, 3.63) is 36.0 Å². The Bertz CT molecular complexity index is 641. The normalized spacial score (nSPS) is 17.6. The highest BCUT2D eigenvalue weighted by Crippen LogP contribution is 2.28. The van der Waals surface area contributed by atoms with Crippen LogP contribution in [0.4, 0.5) is 0 Å². The maximum absolute atomic E-state index is 12.4. The molecule has 1 aromatic heterocycles. The molecule has 2 N–H and O–H groups in total. The molecular formula is C16H17N3O. The van der Waals surface area contributed by atoms with Gasteiger partial charge in [-0.25, -0.2) is 0 Å². The minimum absolute atomic E-state index is 0.190. The molecule has 20 heavy (non-hydrogen) atoms. The molecule has 0 saturated heterocycles. The van der Waals surface area contributed by atoms with Crippen LogP contribution in [0.2, 0.25) is 0 Å². The lowest BCUT2D eigenvalue weighted by molar-refractivity contribution is 0.0898. The van der Waals surface area contributed by atoms with Crippen molar-refractivity contribution in [1.29, 1.82) is 5.26 Å². The molecule has 1 heterocycles. The van der Waals surface area contributed by atoms with Crippen molar-refractivity contribution in [1.82, 2.24) is 10.3 Å². The molecule has 1 fully saturated rings. The Balaban J connectivity index is 1.83. The van der Waals surface area contributed by atoms with Crippen LogP contribution < -0.4 is 5.32 Å². The van der Waals surface area contributed by atoms with Gasteiger partial charge in [0.1, 0.15) is 11.2 Å². The van der Waals surface area contributed by atoms with Crippen LogP contribution in [-0.4, -0.2) is 16.4 Å². The van der Waals surface area contributed by atoms with E-state index in [1.807, 2.05) is 30.3 Å². The summed E-state index contributed by atoms with van der Waals surface area (Å²) in [6.07, 6.45) is 4.64. The summed E-state index contributed by atoms with van der Waals surface area (Å²) in [6, 6.07) is 11.9. The number of rotatable bonds is 2. The van der Waals surface area contributed by atoms with E-state index in [0.717, 1.165) is 43.0 Å². The lowest BCUT2D eigenvalue weighted by Gasteiger charge is -2.31. The fourth-order valence-electron chi connectivity index (χ4n) is 2.90. The zero-order valence-electron chi connectivity index (χ0n) is 11.3. The van der Waals surface area contributed by atoms with E-state index in [1.54, 1.807) is 0 Å². The molecule has 1 aliphatic carbocycles. The first-order valence-corrected chi connectivity index (χ1v) is 7.04. The number of fused-ring (bicyclic) bond motifs is 1. The zero-order valence-corrected chi connectivity index (χ0v) is 11.3. The van der Waals surface area contributed by atoms with Gasteiger partial charge in [-0.15, -0.1) is 0 Å². The molecule has 102 valence electrons. The predicted octanol–water partition coefficient (Wildman–Crippen LogP) is 3.12. The highest BCUT2D eigenvalue weighted by atomic mass is 16.2. The van der Waals surface area contributed by atoms with Crippen molar-refractivity contribution in [2.45, 2.75) is 37.6 Å². The van der Waals surface area contributed by atoms with E-state index >= 15 is 0 Å². The van der Waals surface area contributed by atoms with Crippen LogP contribution in [0.5, 0.6) is 0 Å². The first-order valence-electron chi connectivity index (χ1n) is 7.04. The number of nitrogens with one attached hydrogen (secondary N) is 2. The van der Waals surface area contributed by atoms with Crippen LogP contribution in [0.1, 0.15) is 42.6 Å². The molecule has 0 bridgehead atoms. The van der Waals surface area contributed by atoms with Crippen LogP contribution in [-0.2, 0) is 0 Å². The number of hydrogen-bond acceptors (Lipinski definition) is 2. The Morgan fingerprint density at radius 2 is 2.00 bits per heavy atom. The maximum Gasteiger partial charge on any atom is 0.268 e. The summed E-state index contributed by atoms with van der Waals surface area (Å²) in [7, 11) is 0. The van der Waals surface area contributed by atoms with Crippen LogP contribution >= 0.6 is 0 Å². The van der Waals surface area contributed by atoms with E-state index in [4.69, 9.17) is 0 Å². The quantitative estimate of drug-likeness (QED) is 0.877. The van der Waals surface area contributed by atoms with Gasteiger partial charge in [-0.1, -0.05) is 37.5 Å². The Hall–Kier alpha value is -2.28. The number of nitriles is 1. The summed E-state index contributed by atoms with van der Waals surface area (Å²) >= 11 is 0. The van der Waals surface area contributed by atoms with Gasteiger partial charge in [0.05, 0.1) is 6.07 Å². The van der Waals surface area contributed by atoms with E-state index in [9.17, 15) is 10.1 Å². The van der Waals surface area contributed by atoms with Gasteiger partial charge in [0, 0.05) is 10.9 Å². The summed E-state index contributed by atoms with van der Waals surface area (Å²) in [5.41, 5.74) is 0.769. The van der Waals surface area contributed by atoms with Gasteiger partial charge in [-0.2, -0.15) is 5.26 Å². The Kier molecular flexibility index (Phi) is 3.19. The second kappa shape index (κ2) is 5.01. The van der Waals surface area contributed by atoms with Crippen LogP contribution in [0.3, 0.4) is 0 Å². The smallest absolute Gasteiger partial charge is 0.268 e. The van der Waals surface area contributed by atoms with Crippen molar-refractivity contribution in [2.75, 3.05) is 0 Å². The van der Waals surface area contributed by atoms with Crippen molar-refractivity contribution in [2.24, 2.45) is 0 Å². The first kappa shape index (κ1) is 12.7. The molecule has 1 aliphatic rings. The molecule has 1 saturated carbocycles. The Morgan fingerprint density at radius 1 is 1.25 bits per heavy atom. The molecule has 4 nitrogen and oxygen atoms in total. The minimum atomic E-state index is -0.688. The Labute approximate surface area is 117 Å². The number of H-pyrrole nitrogens is 1. The molecule has 0 atom stereocenters. The third-order valence-electron chi connectivity index (χ3n) is 4.05. The van der Waals surface area contributed by atoms with Crippen molar-refractivity contribution < 1.29 is 4.79 Å². The molecule has 0 aliphatic heterocycles. The minimum Gasteiger partial charge on any atom is -0.351 e. The van der Waals surface area contributed by atoms with E-state index in [2.05, 4.69) is 16.4 Å². The number of aromatic amines is 1. The van der Waals surface area contributed by atoms with Gasteiger partial charge in [-0.3, -0.25) is 4.79 Å². The third kappa shape index (κ3) is 2.27. The van der Waals surface area contributed by atoms with Crippen LogP contribution in [0.15, 0.2) is 30.3 Å². The molecule has 4 heteroatoms. The molecule has 3 rings (SSSR count). The van der Waals surface area contributed by atoms with Crippen molar-refractivity contribution in [3.8, 4) is 6.07 Å². The van der Waals surface area contributed by atoms with Crippen LogP contribution in [0.25, 0.3) is 10.9 Å². The topological polar surface area (TPSA) is 68.7 Å². The summed E-state index contributed by atoms with van der Waals surface area (Å²) in [6.45, 7) is 0. The summed E-state index contributed by atoms with van der Waals surface area (Å²) in [5.74, 6) is -0.190. The number of benzene rings is 1. The standard InChI is InChI=1S/C16H17N3O/c17-11-16(8-4-1-5-9-16)19-15(20)14-10-12-6-2-3-7-13(12)18-14/h2-3,6-7,10,18H,1,4-5,8-9H2,(H,19,20). The molecule has 0 radical (unpaired) electrons. The van der Waals surface area contributed by atoms with E-state index in [-0.39, 0.29) is 5.91 Å². The van der Waals surface area contributed by atoms with E-state index in [1.165, 1.54) is 0 Å². The number of carbonyl (C=O) groups is 1. The number of aromatic nitrogens is 1. The van der Waals surface area contributed by atoms with Crippen molar-refractivity contribution in [3.63, 3.8) is 0 Å². The fourth-order valence-corrected chi connectivity index (χ4v) is 2.90. The van der Waals surface area contributed by atoms with Gasteiger partial charge >= 0.3 is 0 Å². The van der Waals surface area contributed by atoms with Gasteiger partial charge in [0.25, 0.3) is 5.91 Å². The maximum atomic E-state index is 12.4. The lowest BCUT2D eigenvalue weighted by atomic mass is 9.83. The molecule has 1 aromatic carbocycles. The average Bonchev–Trinajstić information content (AvgIpc) is 2.92. The molecule has 0 spiro atoms. The molecule has 2 aromatic rings. The monoisotopic (exact) mass is 267 g/mol. The second-order valence-electron chi connectivity index (χ2n) is 5.48. The fraction of sp³-hybridized carbons (Fsp3) is 0.375. The Morgan fingerprint density at radius 3 is 2.70 bits per heavy atom. The summed E-state index contributed by atoms with van der Waals surface area (Å²) in [4.78, 5) is 15.5. The summed E-state index contributed by atoms with van der Waals surface area (Å²) in [5, 5.41) is 13.3. The van der Waals surface area contributed by atoms with Gasteiger partial charge < -0.3 is 10.3 Å². The molecule has 1 amide bonds. The molecule has 0 unspecified atom stereocenters. The number of nitrogens with zero attached hydrogens (tertiary/aromatic N) is 1. The highest BCUT2D eigenvalue weighted by Gasteiger charge is 2.34. The predicted molar refractivity (Wildman–Crippen MR) is 77.2 cm³/mol. The number of amides is 1. The van der Waals surface area contributed by atoms with Gasteiger partial charge in [0.15, 0.2) is 0 Å². The lowest BCUT2D eigenvalue weighted by Crippen LogP contribution is -2.48. The van der Waals surface area contributed by atoms with Crippen LogP contribution in [0, 0.1) is 11.3 Å². The van der Waals surface area contributed by atoms with Gasteiger partial charge in [0.2, 0.25) is 0 Å². The number of carbonyl (C=O) groups excluding carboxylic acids is 1. The van der Waals surface area contributed by atoms with Gasteiger partial charge in [-0.05, 0) is 25.0 Å². The van der Waals surface area contributed by atoms with E-state index in [0.29, 0.717) is 5.69 Å². The number of para-hydroxylation sites is 1. The highest BCUT2D eigenvalue weighted by molar-refractivity contribution is 5.98. The third-order valence-corrected chi connectivity index (χ3v) is 4.05. The largest absolute Gasteiger partial charge is 0.351 e. The number of hydrogen-bond donors (Lipinski definition) is 2. The van der Waals surface area contributed by atoms with E-state index < -0.39 is 5.54 Å². The molecular weight excluding hydrogens is 250 g/mol. The SMILES string of the molecule is N#CC1(NC(=O)c2cc3ccccc3[nH]2)CCCCC1. The first-order chi connectivity index (χ1) is 9.72. The summed E-state index contributed by atoms with van der Waals surface area (Å²) < 4.78 is 0. The van der Waals surface area contributed by atoms with Crippen molar-refractivity contribution >= 4 is 16.8 Å².